The molecule has 1 fully saturated rings. The number of hydrogen-bond acceptors (Lipinski definition) is 5. The third-order valence-electron chi connectivity index (χ3n) is 5.74. The van der Waals surface area contributed by atoms with Crippen molar-refractivity contribution in [1.82, 2.24) is 19.9 Å². The van der Waals surface area contributed by atoms with Gasteiger partial charge in [0, 0.05) is 41.7 Å². The van der Waals surface area contributed by atoms with Crippen LogP contribution in [0.2, 0.25) is 0 Å². The highest BCUT2D eigenvalue weighted by molar-refractivity contribution is 5.96. The van der Waals surface area contributed by atoms with Gasteiger partial charge in [-0.2, -0.15) is 0 Å². The number of aliphatic hydroxyl groups excluding tert-OH is 1. The van der Waals surface area contributed by atoms with Gasteiger partial charge < -0.3 is 20.3 Å². The van der Waals surface area contributed by atoms with Crippen LogP contribution in [0.1, 0.15) is 49.5 Å². The molecule has 1 saturated carbocycles. The minimum absolute atomic E-state index is 0.0312. The van der Waals surface area contributed by atoms with Crippen molar-refractivity contribution in [2.24, 2.45) is 0 Å². The summed E-state index contributed by atoms with van der Waals surface area (Å²) in [4.78, 5) is 21.9. The van der Waals surface area contributed by atoms with Gasteiger partial charge in [0.1, 0.15) is 5.82 Å². The molecule has 32 heavy (non-hydrogen) atoms. The van der Waals surface area contributed by atoms with Crippen LogP contribution in [-0.2, 0) is 6.54 Å². The van der Waals surface area contributed by atoms with Gasteiger partial charge in [0.25, 0.3) is 5.91 Å². The monoisotopic (exact) mass is 433 g/mol. The fourth-order valence-electron chi connectivity index (χ4n) is 3.51. The Balaban J connectivity index is 1.76. The average molecular weight is 434 g/mol. The van der Waals surface area contributed by atoms with Crippen molar-refractivity contribution in [3.05, 3.63) is 54.1 Å². The molecule has 1 aliphatic rings. The number of aliphatic hydroxyl groups is 1. The lowest BCUT2D eigenvalue weighted by molar-refractivity contribution is 0.0951. The molecule has 3 N–H and O–H groups in total. The number of carbonyl (C=O) groups is 1. The molecule has 0 atom stereocenters. The van der Waals surface area contributed by atoms with Gasteiger partial charge in [-0.1, -0.05) is 6.07 Å². The number of amides is 1. The summed E-state index contributed by atoms with van der Waals surface area (Å²) in [5.74, 6) is 0.626. The Morgan fingerprint density at radius 2 is 2.00 bits per heavy atom. The molecule has 168 valence electrons. The van der Waals surface area contributed by atoms with E-state index in [0.717, 1.165) is 47.3 Å². The Hall–Kier alpha value is -3.19. The fourth-order valence-corrected chi connectivity index (χ4v) is 3.51. The van der Waals surface area contributed by atoms with Crippen LogP contribution in [-0.4, -0.2) is 43.7 Å². The van der Waals surface area contributed by atoms with Crippen LogP contribution in [0, 0.1) is 6.92 Å². The van der Waals surface area contributed by atoms with Crippen LogP contribution in [0.4, 0.5) is 5.82 Å². The van der Waals surface area contributed by atoms with Gasteiger partial charge in [0.05, 0.1) is 24.2 Å². The van der Waals surface area contributed by atoms with Crippen molar-refractivity contribution in [3.8, 4) is 22.4 Å². The van der Waals surface area contributed by atoms with Crippen molar-refractivity contribution in [1.29, 1.82) is 0 Å². The molecule has 7 nitrogen and oxygen atoms in total. The Morgan fingerprint density at radius 3 is 2.66 bits per heavy atom. The molecule has 0 radical (unpaired) electrons. The molecule has 0 bridgehead atoms. The molecule has 1 aliphatic carbocycles. The molecule has 0 unspecified atom stereocenters. The molecule has 3 aromatic rings. The number of aromatic nitrogens is 3. The second kappa shape index (κ2) is 8.74. The Bertz CT molecular complexity index is 1130. The highest BCUT2D eigenvalue weighted by Crippen LogP contribution is 2.33. The first-order valence-corrected chi connectivity index (χ1v) is 11.1. The van der Waals surface area contributed by atoms with Gasteiger partial charge in [0.15, 0.2) is 0 Å². The lowest BCUT2D eigenvalue weighted by Crippen LogP contribution is -2.35. The summed E-state index contributed by atoms with van der Waals surface area (Å²) >= 11 is 0. The van der Waals surface area contributed by atoms with E-state index in [1.54, 1.807) is 12.5 Å². The normalized spacial score (nSPS) is 13.8. The van der Waals surface area contributed by atoms with E-state index in [1.807, 2.05) is 49.7 Å². The number of nitrogens with one attached hydrogen (secondary N) is 2. The zero-order chi connectivity index (χ0) is 22.9. The number of pyridine rings is 1. The van der Waals surface area contributed by atoms with E-state index in [4.69, 9.17) is 4.98 Å². The second-order valence-electron chi connectivity index (χ2n) is 9.15. The quantitative estimate of drug-likeness (QED) is 0.499. The summed E-state index contributed by atoms with van der Waals surface area (Å²) < 4.78 is 2.01. The zero-order valence-electron chi connectivity index (χ0n) is 19.1. The predicted molar refractivity (Wildman–Crippen MR) is 127 cm³/mol. The van der Waals surface area contributed by atoms with Gasteiger partial charge in [-0.25, -0.2) is 9.97 Å². The maximum Gasteiger partial charge on any atom is 0.251 e. The average Bonchev–Trinajstić information content (AvgIpc) is 3.46. The number of aryl methyl sites for hydroxylation is 2. The molecular formula is C25H31N5O2. The predicted octanol–water partition coefficient (Wildman–Crippen LogP) is 4.02. The highest BCUT2D eigenvalue weighted by atomic mass is 16.3. The minimum Gasteiger partial charge on any atom is -0.394 e. The number of imidazole rings is 1. The lowest BCUT2D eigenvalue weighted by atomic mass is 9.97. The highest BCUT2D eigenvalue weighted by Gasteiger charge is 2.24. The maximum absolute atomic E-state index is 12.6. The standard InChI is InChI=1S/C25H31N5O2/c1-5-30-13-22(27-15-30)21-11-18(12-26-23(21)29-25(3,4)14-31)20-10-17(7-6-16(20)2)24(32)28-19-8-9-19/h6-7,10-13,15,19,31H,5,8-9,14H2,1-4H3,(H,26,29)(H,28,32). The van der Waals surface area contributed by atoms with Gasteiger partial charge >= 0.3 is 0 Å². The first-order valence-electron chi connectivity index (χ1n) is 11.1. The summed E-state index contributed by atoms with van der Waals surface area (Å²) in [6, 6.07) is 8.14. The molecule has 2 aromatic heterocycles. The number of anilines is 1. The second-order valence-corrected chi connectivity index (χ2v) is 9.15. The van der Waals surface area contributed by atoms with E-state index in [2.05, 4.69) is 28.6 Å². The van der Waals surface area contributed by atoms with Crippen LogP contribution in [0.25, 0.3) is 22.4 Å². The van der Waals surface area contributed by atoms with Crippen LogP contribution >= 0.6 is 0 Å². The Kier molecular flexibility index (Phi) is 6.02. The van der Waals surface area contributed by atoms with Crippen molar-refractivity contribution < 1.29 is 9.90 Å². The van der Waals surface area contributed by atoms with Crippen LogP contribution < -0.4 is 10.6 Å². The molecule has 4 rings (SSSR count). The number of hydrogen-bond donors (Lipinski definition) is 3. The van der Waals surface area contributed by atoms with E-state index >= 15 is 0 Å². The number of carbonyl (C=O) groups excluding carboxylic acids is 1. The topological polar surface area (TPSA) is 92.1 Å². The summed E-state index contributed by atoms with van der Waals surface area (Å²) in [5.41, 5.74) is 4.71. The fraction of sp³-hybridized carbons (Fsp3) is 0.400. The molecule has 1 aromatic carbocycles. The summed E-state index contributed by atoms with van der Waals surface area (Å²) in [6.45, 7) is 8.73. The Labute approximate surface area is 188 Å². The van der Waals surface area contributed by atoms with Crippen molar-refractivity contribution in [3.63, 3.8) is 0 Å². The molecule has 1 amide bonds. The van der Waals surface area contributed by atoms with E-state index in [1.165, 1.54) is 0 Å². The van der Waals surface area contributed by atoms with Crippen LogP contribution in [0.15, 0.2) is 43.0 Å². The first kappa shape index (κ1) is 22.0. The van der Waals surface area contributed by atoms with E-state index in [-0.39, 0.29) is 12.5 Å². The SMILES string of the molecule is CCn1cnc(-c2cc(-c3cc(C(=O)NC4CC4)ccc3C)cnc2NC(C)(C)CO)c1. The van der Waals surface area contributed by atoms with Gasteiger partial charge in [-0.05, 0) is 69.9 Å². The zero-order valence-corrected chi connectivity index (χ0v) is 19.1. The van der Waals surface area contributed by atoms with Crippen molar-refractivity contribution in [2.45, 2.75) is 58.7 Å². The molecule has 0 saturated heterocycles. The molecule has 7 heteroatoms. The third kappa shape index (κ3) is 4.83. The minimum atomic E-state index is -0.534. The van der Waals surface area contributed by atoms with E-state index in [9.17, 15) is 9.90 Å². The first-order chi connectivity index (χ1) is 15.3. The smallest absolute Gasteiger partial charge is 0.251 e. The van der Waals surface area contributed by atoms with Crippen molar-refractivity contribution in [2.75, 3.05) is 11.9 Å². The summed E-state index contributed by atoms with van der Waals surface area (Å²) in [5, 5.41) is 16.1. The maximum atomic E-state index is 12.6. The van der Waals surface area contributed by atoms with Crippen LogP contribution in [0.3, 0.4) is 0 Å². The van der Waals surface area contributed by atoms with Gasteiger partial charge in [-0.3, -0.25) is 4.79 Å². The summed E-state index contributed by atoms with van der Waals surface area (Å²) in [7, 11) is 0. The number of benzene rings is 1. The number of rotatable bonds is 8. The van der Waals surface area contributed by atoms with E-state index < -0.39 is 5.54 Å². The van der Waals surface area contributed by atoms with Crippen LogP contribution in [0.5, 0.6) is 0 Å². The third-order valence-corrected chi connectivity index (χ3v) is 5.74. The molecule has 0 spiro atoms. The number of nitrogens with zero attached hydrogens (tertiary/aromatic N) is 3. The van der Waals surface area contributed by atoms with Crippen molar-refractivity contribution >= 4 is 11.7 Å². The van der Waals surface area contributed by atoms with Gasteiger partial charge in [0.2, 0.25) is 0 Å². The molecule has 2 heterocycles. The van der Waals surface area contributed by atoms with E-state index in [0.29, 0.717) is 17.4 Å². The van der Waals surface area contributed by atoms with Gasteiger partial charge in [-0.15, -0.1) is 0 Å². The largest absolute Gasteiger partial charge is 0.394 e. The summed E-state index contributed by atoms with van der Waals surface area (Å²) in [6.07, 6.45) is 7.71. The molecule has 0 aliphatic heterocycles. The Morgan fingerprint density at radius 1 is 1.22 bits per heavy atom. The molecular weight excluding hydrogens is 402 g/mol. The lowest BCUT2D eigenvalue weighted by Gasteiger charge is -2.25.